The van der Waals surface area contributed by atoms with E-state index in [0.717, 1.165) is 16.3 Å². The van der Waals surface area contributed by atoms with Gasteiger partial charge in [0.2, 0.25) is 11.8 Å². The van der Waals surface area contributed by atoms with Gasteiger partial charge in [0.15, 0.2) is 0 Å². The maximum Gasteiger partial charge on any atom is 0.235 e. The zero-order chi connectivity index (χ0) is 15.0. The first-order chi connectivity index (χ1) is 10.1. The summed E-state index contributed by atoms with van der Waals surface area (Å²) in [5.74, 6) is -0.910. The zero-order valence-electron chi connectivity index (χ0n) is 11.5. The first kappa shape index (κ1) is 13.4. The third kappa shape index (κ3) is 2.40. The summed E-state index contributed by atoms with van der Waals surface area (Å²) >= 11 is 0. The Kier molecular flexibility index (Phi) is 3.21. The van der Waals surface area contributed by atoms with Crippen LogP contribution in [0.1, 0.15) is 12.0 Å². The van der Waals surface area contributed by atoms with Crippen LogP contribution in [-0.2, 0) is 16.1 Å². The van der Waals surface area contributed by atoms with Gasteiger partial charge >= 0.3 is 0 Å². The van der Waals surface area contributed by atoms with Crippen LogP contribution in [0.5, 0.6) is 0 Å². The highest BCUT2D eigenvalue weighted by Crippen LogP contribution is 2.23. The number of nitrogens with two attached hydrogens (primary N) is 2. The molecule has 1 atom stereocenters. The maximum atomic E-state index is 12.1. The van der Waals surface area contributed by atoms with Crippen molar-refractivity contribution in [2.45, 2.75) is 13.0 Å². The molecule has 2 aromatic rings. The van der Waals surface area contributed by atoms with Gasteiger partial charge in [-0.05, 0) is 29.5 Å². The van der Waals surface area contributed by atoms with Crippen molar-refractivity contribution < 1.29 is 9.59 Å². The third-order valence-corrected chi connectivity index (χ3v) is 3.87. The number of hydrogen-bond donors (Lipinski definition) is 2. The van der Waals surface area contributed by atoms with Crippen molar-refractivity contribution in [3.8, 4) is 0 Å². The van der Waals surface area contributed by atoms with Crippen LogP contribution in [0.3, 0.4) is 0 Å². The van der Waals surface area contributed by atoms with Gasteiger partial charge in [0.25, 0.3) is 0 Å². The lowest BCUT2D eigenvalue weighted by atomic mass is 10.1. The lowest BCUT2D eigenvalue weighted by molar-refractivity contribution is -0.136. The van der Waals surface area contributed by atoms with E-state index in [1.165, 1.54) is 0 Å². The molecule has 1 saturated heterocycles. The van der Waals surface area contributed by atoms with E-state index >= 15 is 0 Å². The van der Waals surface area contributed by atoms with Crippen LogP contribution in [0.15, 0.2) is 30.5 Å². The molecule has 6 heteroatoms. The van der Waals surface area contributed by atoms with Gasteiger partial charge in [0, 0.05) is 24.7 Å². The average molecular weight is 284 g/mol. The number of rotatable bonds is 3. The normalized spacial score (nSPS) is 18.4. The summed E-state index contributed by atoms with van der Waals surface area (Å²) in [6, 6.07) is 7.69. The van der Waals surface area contributed by atoms with E-state index in [1.54, 1.807) is 11.1 Å². The summed E-state index contributed by atoms with van der Waals surface area (Å²) in [6.45, 7) is 1.03. The number of nitrogens with zero attached hydrogens (tertiary/aromatic N) is 2. The van der Waals surface area contributed by atoms with Crippen LogP contribution in [0.25, 0.3) is 10.8 Å². The summed E-state index contributed by atoms with van der Waals surface area (Å²) < 4.78 is 0. The molecule has 0 bridgehead atoms. The SMILES string of the molecule is NC(=O)[C@@H]1CCN(Cc2ccc3c(N)nccc3c2)C1=O. The molecule has 0 unspecified atom stereocenters. The van der Waals surface area contributed by atoms with Gasteiger partial charge in [-0.1, -0.05) is 12.1 Å². The molecule has 0 radical (unpaired) electrons. The second-order valence-electron chi connectivity index (χ2n) is 5.26. The van der Waals surface area contributed by atoms with Crippen molar-refractivity contribution in [1.29, 1.82) is 0 Å². The second kappa shape index (κ2) is 5.05. The predicted molar refractivity (Wildman–Crippen MR) is 78.9 cm³/mol. The molecule has 0 spiro atoms. The highest BCUT2D eigenvalue weighted by molar-refractivity contribution is 6.01. The number of likely N-dealkylation sites (tertiary alicyclic amines) is 1. The topological polar surface area (TPSA) is 102 Å². The molecule has 4 N–H and O–H groups in total. The minimum atomic E-state index is -0.676. The number of benzene rings is 1. The molecular weight excluding hydrogens is 268 g/mol. The van der Waals surface area contributed by atoms with Crippen LogP contribution < -0.4 is 11.5 Å². The number of carbonyl (C=O) groups is 2. The van der Waals surface area contributed by atoms with Crippen LogP contribution in [0.4, 0.5) is 5.82 Å². The molecule has 1 fully saturated rings. The number of pyridine rings is 1. The van der Waals surface area contributed by atoms with E-state index in [-0.39, 0.29) is 5.91 Å². The minimum absolute atomic E-state index is 0.183. The summed E-state index contributed by atoms with van der Waals surface area (Å²) in [4.78, 5) is 29.0. The third-order valence-electron chi connectivity index (χ3n) is 3.87. The van der Waals surface area contributed by atoms with Gasteiger partial charge in [-0.2, -0.15) is 0 Å². The maximum absolute atomic E-state index is 12.1. The van der Waals surface area contributed by atoms with Crippen molar-refractivity contribution in [3.63, 3.8) is 0 Å². The van der Waals surface area contributed by atoms with E-state index in [0.29, 0.717) is 25.3 Å². The Hall–Kier alpha value is -2.63. The molecule has 1 aliphatic heterocycles. The van der Waals surface area contributed by atoms with Gasteiger partial charge in [0.05, 0.1) is 0 Å². The van der Waals surface area contributed by atoms with Crippen molar-refractivity contribution in [3.05, 3.63) is 36.0 Å². The quantitative estimate of drug-likeness (QED) is 0.808. The smallest absolute Gasteiger partial charge is 0.235 e. The molecular formula is C15H16N4O2. The number of nitrogen functional groups attached to an aromatic ring is 1. The summed E-state index contributed by atoms with van der Waals surface area (Å²) in [7, 11) is 0. The van der Waals surface area contributed by atoms with Crippen LogP contribution in [-0.4, -0.2) is 28.2 Å². The number of carbonyl (C=O) groups excluding carboxylic acids is 2. The van der Waals surface area contributed by atoms with Crippen LogP contribution in [0.2, 0.25) is 0 Å². The van der Waals surface area contributed by atoms with Crippen molar-refractivity contribution in [2.24, 2.45) is 11.7 Å². The fourth-order valence-electron chi connectivity index (χ4n) is 2.73. The fraction of sp³-hybridized carbons (Fsp3) is 0.267. The molecule has 108 valence electrons. The minimum Gasteiger partial charge on any atom is -0.383 e. The number of primary amides is 1. The molecule has 6 nitrogen and oxygen atoms in total. The van der Waals surface area contributed by atoms with E-state index < -0.39 is 11.8 Å². The Labute approximate surface area is 121 Å². The lowest BCUT2D eigenvalue weighted by Gasteiger charge is -2.16. The number of aromatic nitrogens is 1. The first-order valence-corrected chi connectivity index (χ1v) is 6.77. The summed E-state index contributed by atoms with van der Waals surface area (Å²) in [5.41, 5.74) is 12.0. The van der Waals surface area contributed by atoms with Gasteiger partial charge < -0.3 is 16.4 Å². The molecule has 2 heterocycles. The van der Waals surface area contributed by atoms with Gasteiger partial charge in [-0.3, -0.25) is 9.59 Å². The summed E-state index contributed by atoms with van der Waals surface area (Å²) in [5, 5.41) is 1.88. The predicted octanol–water partition coefficient (Wildman–Crippen LogP) is 0.651. The lowest BCUT2D eigenvalue weighted by Crippen LogP contribution is -2.33. The molecule has 3 rings (SSSR count). The Morgan fingerprint density at radius 3 is 2.90 bits per heavy atom. The Balaban J connectivity index is 1.83. The molecule has 1 aliphatic rings. The first-order valence-electron chi connectivity index (χ1n) is 6.77. The fourth-order valence-corrected chi connectivity index (χ4v) is 2.73. The van der Waals surface area contributed by atoms with Gasteiger partial charge in [-0.15, -0.1) is 0 Å². The van der Waals surface area contributed by atoms with E-state index in [9.17, 15) is 9.59 Å². The number of anilines is 1. The molecule has 1 aromatic carbocycles. The highest BCUT2D eigenvalue weighted by Gasteiger charge is 2.35. The second-order valence-corrected chi connectivity index (χ2v) is 5.26. The monoisotopic (exact) mass is 284 g/mol. The van der Waals surface area contributed by atoms with Crippen molar-refractivity contribution >= 4 is 28.4 Å². The van der Waals surface area contributed by atoms with Crippen molar-refractivity contribution in [1.82, 2.24) is 9.88 Å². The highest BCUT2D eigenvalue weighted by atomic mass is 16.2. The Morgan fingerprint density at radius 2 is 2.19 bits per heavy atom. The van der Waals surface area contributed by atoms with Gasteiger partial charge in [0.1, 0.15) is 11.7 Å². The number of amides is 2. The molecule has 2 amide bonds. The Bertz CT molecular complexity index is 729. The summed E-state index contributed by atoms with van der Waals surface area (Å²) in [6.07, 6.45) is 2.16. The van der Waals surface area contributed by atoms with Crippen LogP contribution >= 0.6 is 0 Å². The number of hydrogen-bond acceptors (Lipinski definition) is 4. The molecule has 0 saturated carbocycles. The van der Waals surface area contributed by atoms with E-state index in [2.05, 4.69) is 4.98 Å². The molecule has 1 aromatic heterocycles. The van der Waals surface area contributed by atoms with E-state index in [1.807, 2.05) is 24.3 Å². The zero-order valence-corrected chi connectivity index (χ0v) is 11.5. The van der Waals surface area contributed by atoms with E-state index in [4.69, 9.17) is 11.5 Å². The Morgan fingerprint density at radius 1 is 1.38 bits per heavy atom. The van der Waals surface area contributed by atoms with Crippen molar-refractivity contribution in [2.75, 3.05) is 12.3 Å². The van der Waals surface area contributed by atoms with Gasteiger partial charge in [-0.25, -0.2) is 4.98 Å². The molecule has 0 aliphatic carbocycles. The van der Waals surface area contributed by atoms with Crippen LogP contribution in [0, 0.1) is 5.92 Å². The number of fused-ring (bicyclic) bond motifs is 1. The average Bonchev–Trinajstić information content (AvgIpc) is 2.80. The standard InChI is InChI=1S/C15H16N4O2/c16-13-11-2-1-9(7-10(11)3-5-18-13)8-19-6-4-12(14(17)20)15(19)21/h1-3,5,7,12H,4,6,8H2,(H2,16,18)(H2,17,20)/t12-/m0/s1. The molecule has 21 heavy (non-hydrogen) atoms. The largest absolute Gasteiger partial charge is 0.383 e.